The molecule has 0 bridgehead atoms. The van der Waals surface area contributed by atoms with Gasteiger partial charge in [-0.1, -0.05) is 12.1 Å². The van der Waals surface area contributed by atoms with E-state index in [-0.39, 0.29) is 0 Å². The van der Waals surface area contributed by atoms with Crippen LogP contribution in [0.4, 0.5) is 0 Å². The van der Waals surface area contributed by atoms with Crippen molar-refractivity contribution in [2.24, 2.45) is 17.2 Å². The molecule has 0 aliphatic rings. The van der Waals surface area contributed by atoms with Crippen LogP contribution < -0.4 is 27.6 Å². The molecule has 4 nitrogen and oxygen atoms in total. The zero-order valence-electron chi connectivity index (χ0n) is 7.03. The second-order valence-corrected chi connectivity index (χ2v) is 2.51. The Hall–Kier alpha value is -1.97. The third-order valence-electron chi connectivity index (χ3n) is 1.75. The lowest BCUT2D eigenvalue weighted by atomic mass is 10.1. The Labute approximate surface area is 75.3 Å². The van der Waals surface area contributed by atoms with Crippen LogP contribution in [0.5, 0.6) is 0 Å². The molecule has 0 heterocycles. The second-order valence-electron chi connectivity index (χ2n) is 2.51. The summed E-state index contributed by atoms with van der Waals surface area (Å²) in [6.07, 6.45) is 2.70. The minimum Gasteiger partial charge on any atom is -0.404 e. The summed E-state index contributed by atoms with van der Waals surface area (Å²) in [6, 6.07) is 5.06. The summed E-state index contributed by atoms with van der Waals surface area (Å²) in [5.41, 5.74) is 16.2. The van der Waals surface area contributed by atoms with Crippen molar-refractivity contribution in [3.05, 3.63) is 34.2 Å². The van der Waals surface area contributed by atoms with Crippen molar-refractivity contribution in [2.45, 2.75) is 0 Å². The smallest absolute Gasteiger partial charge is 0.249 e. The minimum atomic E-state index is -0.514. The molecule has 1 aromatic carbocycles. The highest BCUT2D eigenvalue weighted by Gasteiger charge is 2.01. The highest BCUT2D eigenvalue weighted by molar-refractivity contribution is 5.93. The Morgan fingerprint density at radius 3 is 2.38 bits per heavy atom. The number of nitrogens with two attached hydrogens (primary N) is 3. The van der Waals surface area contributed by atoms with Gasteiger partial charge in [0.15, 0.2) is 0 Å². The number of hydrogen-bond acceptors (Lipinski definition) is 3. The standard InChI is InChI=1S/C9H11N3O/c10-4-6-2-1-3-7(9(12)13)8(6)5-11/h1-5H,10-11H2,(H2,12,13)/b6-4-,8-5+. The third-order valence-corrected chi connectivity index (χ3v) is 1.75. The number of primary amides is 1. The number of rotatable bonds is 1. The van der Waals surface area contributed by atoms with E-state index in [0.29, 0.717) is 16.0 Å². The van der Waals surface area contributed by atoms with Gasteiger partial charge in [0, 0.05) is 23.2 Å². The molecule has 1 rings (SSSR count). The van der Waals surface area contributed by atoms with Crippen LogP contribution in [0.15, 0.2) is 18.2 Å². The molecule has 68 valence electrons. The Balaban J connectivity index is 3.67. The van der Waals surface area contributed by atoms with Crippen LogP contribution in [0.1, 0.15) is 10.4 Å². The molecule has 1 aromatic rings. The molecule has 0 aliphatic carbocycles. The lowest BCUT2D eigenvalue weighted by Gasteiger charge is -1.96. The molecule has 1 amide bonds. The zero-order valence-corrected chi connectivity index (χ0v) is 7.03. The van der Waals surface area contributed by atoms with Gasteiger partial charge in [0.2, 0.25) is 5.91 Å². The van der Waals surface area contributed by atoms with Crippen LogP contribution in [0, 0.1) is 0 Å². The van der Waals surface area contributed by atoms with Crippen LogP contribution in [0.25, 0.3) is 12.4 Å². The van der Waals surface area contributed by atoms with E-state index in [1.165, 1.54) is 12.4 Å². The fraction of sp³-hybridized carbons (Fsp3) is 0. The van der Waals surface area contributed by atoms with Gasteiger partial charge in [-0.3, -0.25) is 4.79 Å². The summed E-state index contributed by atoms with van der Waals surface area (Å²) in [5, 5.41) is 1.26. The number of carbonyl (C=O) groups excluding carboxylic acids is 1. The van der Waals surface area contributed by atoms with E-state index in [0.717, 1.165) is 0 Å². The topological polar surface area (TPSA) is 95.1 Å². The SMILES string of the molecule is N/C=c1/cccc(C(N)=O)/c1=C/N. The average Bonchev–Trinajstić information content (AvgIpc) is 2.16. The van der Waals surface area contributed by atoms with Gasteiger partial charge in [-0.15, -0.1) is 0 Å². The zero-order chi connectivity index (χ0) is 9.84. The van der Waals surface area contributed by atoms with E-state index in [2.05, 4.69) is 0 Å². The van der Waals surface area contributed by atoms with Gasteiger partial charge in [-0.05, 0) is 11.3 Å². The molecule has 0 fully saturated rings. The van der Waals surface area contributed by atoms with Crippen LogP contribution in [-0.2, 0) is 0 Å². The van der Waals surface area contributed by atoms with Crippen molar-refractivity contribution < 1.29 is 4.79 Å². The van der Waals surface area contributed by atoms with E-state index >= 15 is 0 Å². The Morgan fingerprint density at radius 1 is 1.23 bits per heavy atom. The predicted octanol–water partition coefficient (Wildman–Crippen LogP) is -1.82. The molecule has 6 N–H and O–H groups in total. The largest absolute Gasteiger partial charge is 0.404 e. The van der Waals surface area contributed by atoms with Gasteiger partial charge in [0.25, 0.3) is 0 Å². The van der Waals surface area contributed by atoms with Crippen molar-refractivity contribution in [2.75, 3.05) is 0 Å². The van der Waals surface area contributed by atoms with E-state index < -0.39 is 5.91 Å². The number of benzene rings is 1. The van der Waals surface area contributed by atoms with Crippen molar-refractivity contribution >= 4 is 18.3 Å². The molecule has 0 aromatic heterocycles. The average molecular weight is 177 g/mol. The van der Waals surface area contributed by atoms with Gasteiger partial charge in [-0.25, -0.2) is 0 Å². The summed E-state index contributed by atoms with van der Waals surface area (Å²) in [4.78, 5) is 10.9. The monoisotopic (exact) mass is 177 g/mol. The third kappa shape index (κ3) is 1.61. The van der Waals surface area contributed by atoms with Gasteiger partial charge < -0.3 is 17.2 Å². The maximum atomic E-state index is 10.9. The van der Waals surface area contributed by atoms with Gasteiger partial charge in [-0.2, -0.15) is 0 Å². The lowest BCUT2D eigenvalue weighted by Crippen LogP contribution is -2.35. The predicted molar refractivity (Wildman–Crippen MR) is 51.5 cm³/mol. The normalized spacial score (nSPS) is 13.2. The maximum Gasteiger partial charge on any atom is 0.249 e. The Morgan fingerprint density at radius 2 is 1.92 bits per heavy atom. The minimum absolute atomic E-state index is 0.377. The molecule has 13 heavy (non-hydrogen) atoms. The molecule has 0 aliphatic heterocycles. The lowest BCUT2D eigenvalue weighted by molar-refractivity contribution is 0.0999. The Kier molecular flexibility index (Phi) is 2.54. The number of hydrogen-bond donors (Lipinski definition) is 3. The van der Waals surface area contributed by atoms with Crippen molar-refractivity contribution in [1.82, 2.24) is 0 Å². The molecule has 0 radical (unpaired) electrons. The first-order valence-electron chi connectivity index (χ1n) is 3.73. The summed E-state index contributed by atoms with van der Waals surface area (Å²) in [5.74, 6) is -0.514. The summed E-state index contributed by atoms with van der Waals surface area (Å²) in [7, 11) is 0. The van der Waals surface area contributed by atoms with E-state index in [4.69, 9.17) is 17.2 Å². The van der Waals surface area contributed by atoms with Gasteiger partial charge in [0.05, 0.1) is 0 Å². The van der Waals surface area contributed by atoms with Gasteiger partial charge in [0.1, 0.15) is 0 Å². The summed E-state index contributed by atoms with van der Waals surface area (Å²) in [6.45, 7) is 0. The first-order valence-corrected chi connectivity index (χ1v) is 3.73. The molecule has 0 spiro atoms. The molecule has 4 heteroatoms. The quantitative estimate of drug-likeness (QED) is 0.471. The molecule has 0 saturated heterocycles. The number of amides is 1. The van der Waals surface area contributed by atoms with Crippen LogP contribution in [0.3, 0.4) is 0 Å². The maximum absolute atomic E-state index is 10.9. The molecule has 0 atom stereocenters. The van der Waals surface area contributed by atoms with E-state index in [1.807, 2.05) is 0 Å². The van der Waals surface area contributed by atoms with Crippen LogP contribution >= 0.6 is 0 Å². The first-order chi connectivity index (χ1) is 6.20. The van der Waals surface area contributed by atoms with Crippen LogP contribution in [0.2, 0.25) is 0 Å². The van der Waals surface area contributed by atoms with E-state index in [9.17, 15) is 4.79 Å². The van der Waals surface area contributed by atoms with Gasteiger partial charge >= 0.3 is 0 Å². The van der Waals surface area contributed by atoms with Crippen molar-refractivity contribution in [3.8, 4) is 0 Å². The molecular formula is C9H11N3O. The van der Waals surface area contributed by atoms with Crippen LogP contribution in [-0.4, -0.2) is 5.91 Å². The highest BCUT2D eigenvalue weighted by atomic mass is 16.1. The Bertz CT molecular complexity index is 437. The van der Waals surface area contributed by atoms with E-state index in [1.54, 1.807) is 18.2 Å². The molecule has 0 saturated carbocycles. The second kappa shape index (κ2) is 3.62. The fourth-order valence-electron chi connectivity index (χ4n) is 1.13. The highest BCUT2D eigenvalue weighted by Crippen LogP contribution is 1.85. The molecule has 0 unspecified atom stereocenters. The van der Waals surface area contributed by atoms with Crippen molar-refractivity contribution in [1.29, 1.82) is 0 Å². The first kappa shape index (κ1) is 9.12. The fourth-order valence-corrected chi connectivity index (χ4v) is 1.13. The summed E-state index contributed by atoms with van der Waals surface area (Å²) < 4.78 is 0. The number of carbonyl (C=O) groups is 1. The summed E-state index contributed by atoms with van der Waals surface area (Å²) >= 11 is 0. The molecular weight excluding hydrogens is 166 g/mol. The van der Waals surface area contributed by atoms with Crippen molar-refractivity contribution in [3.63, 3.8) is 0 Å².